The van der Waals surface area contributed by atoms with Crippen LogP contribution in [0.5, 0.6) is 0 Å². The van der Waals surface area contributed by atoms with Gasteiger partial charge in [-0.1, -0.05) is 0 Å². The Balaban J connectivity index is 1.75. The Labute approximate surface area is 223 Å². The number of carbonyl (C=O) groups is 2. The number of ether oxygens (including phenoxy) is 2. The molecule has 1 saturated heterocycles. The van der Waals surface area contributed by atoms with Crippen LogP contribution in [0.4, 0.5) is 21.1 Å². The Morgan fingerprint density at radius 2 is 1.87 bits per heavy atom. The number of fused-ring (bicyclic) bond motifs is 1. The third kappa shape index (κ3) is 6.31. The molecule has 3 amide bonds. The second kappa shape index (κ2) is 11.6. The first-order chi connectivity index (χ1) is 18.2. The van der Waals surface area contributed by atoms with Crippen molar-refractivity contribution in [2.75, 3.05) is 49.6 Å². The fraction of sp³-hybridized carbons (Fsp3) is 0.519. The average molecular weight is 522 g/mol. The molecule has 0 unspecified atom stereocenters. The summed E-state index contributed by atoms with van der Waals surface area (Å²) in [7, 11) is 0. The lowest BCUT2D eigenvalue weighted by atomic mass is 9.95. The summed E-state index contributed by atoms with van der Waals surface area (Å²) in [6.07, 6.45) is 0.178. The van der Waals surface area contributed by atoms with Crippen molar-refractivity contribution in [3.63, 3.8) is 0 Å². The van der Waals surface area contributed by atoms with E-state index in [1.54, 1.807) is 17.0 Å². The Morgan fingerprint density at radius 3 is 2.50 bits per heavy atom. The monoisotopic (exact) mass is 521 g/mol. The van der Waals surface area contributed by atoms with E-state index in [4.69, 9.17) is 19.4 Å². The molecule has 2 N–H and O–H groups in total. The van der Waals surface area contributed by atoms with Crippen LogP contribution in [0.2, 0.25) is 0 Å². The van der Waals surface area contributed by atoms with E-state index in [9.17, 15) is 14.9 Å². The van der Waals surface area contributed by atoms with E-state index in [2.05, 4.69) is 21.6 Å². The summed E-state index contributed by atoms with van der Waals surface area (Å²) in [6.45, 7) is 10.8. The van der Waals surface area contributed by atoms with Gasteiger partial charge in [-0.05, 0) is 58.4 Å². The van der Waals surface area contributed by atoms with Crippen LogP contribution in [0.25, 0.3) is 11.4 Å². The van der Waals surface area contributed by atoms with Crippen LogP contribution in [-0.2, 0) is 15.9 Å². The zero-order valence-corrected chi connectivity index (χ0v) is 22.4. The molecule has 11 nitrogen and oxygen atoms in total. The molecule has 1 fully saturated rings. The average Bonchev–Trinajstić information content (AvgIpc) is 2.88. The smallest absolute Gasteiger partial charge is 0.410 e. The molecule has 0 radical (unpaired) electrons. The minimum atomic E-state index is -0.659. The van der Waals surface area contributed by atoms with E-state index in [0.29, 0.717) is 63.0 Å². The third-order valence-corrected chi connectivity index (χ3v) is 6.27. The number of nitriles is 1. The molecule has 38 heavy (non-hydrogen) atoms. The first-order valence-corrected chi connectivity index (χ1v) is 13.0. The van der Waals surface area contributed by atoms with Gasteiger partial charge in [0.25, 0.3) is 0 Å². The summed E-state index contributed by atoms with van der Waals surface area (Å²) in [4.78, 5) is 38.7. The van der Waals surface area contributed by atoms with Crippen molar-refractivity contribution in [3.05, 3.63) is 35.5 Å². The summed E-state index contributed by atoms with van der Waals surface area (Å²) in [5.74, 6) is 1.30. The topological polar surface area (TPSA) is 133 Å². The lowest BCUT2D eigenvalue weighted by Crippen LogP contribution is -2.45. The van der Waals surface area contributed by atoms with Gasteiger partial charge in [0, 0.05) is 43.0 Å². The van der Waals surface area contributed by atoms with Gasteiger partial charge in [-0.15, -0.1) is 0 Å². The predicted octanol–water partition coefficient (Wildman–Crippen LogP) is 3.87. The van der Waals surface area contributed by atoms with Crippen molar-refractivity contribution in [1.29, 1.82) is 5.26 Å². The van der Waals surface area contributed by atoms with E-state index in [0.717, 1.165) is 16.9 Å². The van der Waals surface area contributed by atoms with Gasteiger partial charge in [0.2, 0.25) is 0 Å². The Bertz CT molecular complexity index is 1200. The highest BCUT2D eigenvalue weighted by Crippen LogP contribution is 2.38. The van der Waals surface area contributed by atoms with Crippen LogP contribution in [0.15, 0.2) is 24.3 Å². The standard InChI is InChI=1S/C27H35N7O4/c1-5-29-25(35)30-19-8-6-18(7-9-19)23-31-22-20(24(32-23)33-14-16-37-17-15-33)11-13-34(21(22)10-12-28)26(36)38-27(2,3)4/h6-9,21H,5,10-11,13-17H2,1-4H3,(H2,29,30,35)/t21-/m0/s1. The molecule has 4 rings (SSSR count). The summed E-state index contributed by atoms with van der Waals surface area (Å²) < 4.78 is 11.2. The molecule has 0 bridgehead atoms. The fourth-order valence-electron chi connectivity index (χ4n) is 4.58. The molecule has 0 aliphatic carbocycles. The molecular formula is C27H35N7O4. The number of hydrogen-bond donors (Lipinski definition) is 2. The quantitative estimate of drug-likeness (QED) is 0.606. The number of amides is 3. The van der Waals surface area contributed by atoms with Crippen LogP contribution in [-0.4, -0.2) is 72.0 Å². The second-order valence-electron chi connectivity index (χ2n) is 10.2. The highest BCUT2D eigenvalue weighted by molar-refractivity contribution is 5.89. The van der Waals surface area contributed by atoms with E-state index in [1.807, 2.05) is 39.8 Å². The van der Waals surface area contributed by atoms with Crippen LogP contribution in [0.3, 0.4) is 0 Å². The van der Waals surface area contributed by atoms with Gasteiger partial charge >= 0.3 is 12.1 Å². The largest absolute Gasteiger partial charge is 0.444 e. The molecule has 0 spiro atoms. The number of nitrogens with zero attached hydrogens (tertiary/aromatic N) is 5. The van der Waals surface area contributed by atoms with Crippen molar-refractivity contribution in [2.24, 2.45) is 0 Å². The number of anilines is 2. The number of aromatic nitrogens is 2. The Hall–Kier alpha value is -3.91. The number of urea groups is 1. The van der Waals surface area contributed by atoms with Crippen LogP contribution >= 0.6 is 0 Å². The number of rotatable bonds is 5. The Kier molecular flexibility index (Phi) is 8.32. The molecule has 1 aromatic heterocycles. The number of benzene rings is 1. The zero-order valence-electron chi connectivity index (χ0n) is 22.4. The molecule has 0 saturated carbocycles. The van der Waals surface area contributed by atoms with Gasteiger partial charge in [0.05, 0.1) is 37.4 Å². The van der Waals surface area contributed by atoms with Gasteiger partial charge in [-0.3, -0.25) is 4.90 Å². The van der Waals surface area contributed by atoms with Crippen molar-refractivity contribution >= 4 is 23.6 Å². The van der Waals surface area contributed by atoms with Gasteiger partial charge in [0.1, 0.15) is 11.4 Å². The molecule has 11 heteroatoms. The molecule has 1 atom stereocenters. The highest BCUT2D eigenvalue weighted by atomic mass is 16.6. The molecule has 2 aliphatic rings. The van der Waals surface area contributed by atoms with Crippen LogP contribution in [0.1, 0.15) is 51.4 Å². The van der Waals surface area contributed by atoms with Crippen molar-refractivity contribution in [3.8, 4) is 17.5 Å². The summed E-state index contributed by atoms with van der Waals surface area (Å²) in [5.41, 5.74) is 2.36. The lowest BCUT2D eigenvalue weighted by molar-refractivity contribution is 0.0140. The van der Waals surface area contributed by atoms with Crippen LogP contribution in [0, 0.1) is 11.3 Å². The summed E-state index contributed by atoms with van der Waals surface area (Å²) >= 11 is 0. The van der Waals surface area contributed by atoms with Crippen molar-refractivity contribution in [1.82, 2.24) is 20.2 Å². The molecule has 2 aromatic rings. The SMILES string of the molecule is CCNC(=O)Nc1ccc(-c2nc3c(c(N4CCOCC4)n2)CCN(C(=O)OC(C)(C)C)[C@H]3CC#N)cc1. The fourth-order valence-corrected chi connectivity index (χ4v) is 4.58. The Morgan fingerprint density at radius 1 is 1.16 bits per heavy atom. The minimum Gasteiger partial charge on any atom is -0.444 e. The van der Waals surface area contributed by atoms with E-state index in [-0.39, 0.29) is 12.5 Å². The molecule has 202 valence electrons. The highest BCUT2D eigenvalue weighted by Gasteiger charge is 2.37. The first-order valence-electron chi connectivity index (χ1n) is 13.0. The molecule has 1 aromatic carbocycles. The van der Waals surface area contributed by atoms with E-state index in [1.165, 1.54) is 0 Å². The number of nitrogens with one attached hydrogen (secondary N) is 2. The summed E-state index contributed by atoms with van der Waals surface area (Å²) in [6, 6.07) is 8.68. The van der Waals surface area contributed by atoms with E-state index < -0.39 is 17.7 Å². The first kappa shape index (κ1) is 27.1. The van der Waals surface area contributed by atoms with Gasteiger partial charge in [-0.2, -0.15) is 5.26 Å². The maximum atomic E-state index is 13.1. The number of carbonyl (C=O) groups excluding carboxylic acids is 2. The third-order valence-electron chi connectivity index (χ3n) is 6.27. The van der Waals surface area contributed by atoms with Crippen molar-refractivity contribution in [2.45, 2.75) is 52.2 Å². The molecule has 2 aliphatic heterocycles. The lowest BCUT2D eigenvalue weighted by Gasteiger charge is -2.38. The number of hydrogen-bond acceptors (Lipinski definition) is 8. The van der Waals surface area contributed by atoms with Gasteiger partial charge < -0.3 is 25.0 Å². The second-order valence-corrected chi connectivity index (χ2v) is 10.2. The zero-order chi connectivity index (χ0) is 27.3. The predicted molar refractivity (Wildman–Crippen MR) is 143 cm³/mol. The number of morpholine rings is 1. The normalized spacial score (nSPS) is 17.3. The van der Waals surface area contributed by atoms with Gasteiger partial charge in [-0.25, -0.2) is 19.6 Å². The maximum Gasteiger partial charge on any atom is 0.410 e. The maximum absolute atomic E-state index is 13.1. The van der Waals surface area contributed by atoms with Crippen LogP contribution < -0.4 is 15.5 Å². The van der Waals surface area contributed by atoms with Crippen molar-refractivity contribution < 1.29 is 19.1 Å². The van der Waals surface area contributed by atoms with E-state index >= 15 is 0 Å². The summed E-state index contributed by atoms with van der Waals surface area (Å²) in [5, 5.41) is 15.2. The van der Waals surface area contributed by atoms with Gasteiger partial charge in [0.15, 0.2) is 5.82 Å². The molecule has 3 heterocycles. The molecular weight excluding hydrogens is 486 g/mol. The minimum absolute atomic E-state index is 0.0840.